The van der Waals surface area contributed by atoms with Gasteiger partial charge < -0.3 is 10.1 Å². The summed E-state index contributed by atoms with van der Waals surface area (Å²) in [7, 11) is 1.21. The van der Waals surface area contributed by atoms with Gasteiger partial charge in [-0.15, -0.1) is 0 Å². The van der Waals surface area contributed by atoms with E-state index in [1.54, 1.807) is 6.07 Å². The number of halogens is 2. The zero-order valence-corrected chi connectivity index (χ0v) is 12.6. The number of amides is 3. The van der Waals surface area contributed by atoms with Crippen LogP contribution in [0.15, 0.2) is 18.2 Å². The third-order valence-electron chi connectivity index (χ3n) is 3.07. The Labute approximate surface area is 130 Å². The molecule has 0 bridgehead atoms. The zero-order chi connectivity index (χ0) is 15.6. The summed E-state index contributed by atoms with van der Waals surface area (Å²) in [4.78, 5) is 36.4. The lowest BCUT2D eigenvalue weighted by atomic mass is 10.2. The first kappa shape index (κ1) is 15.6. The third kappa shape index (κ3) is 3.28. The number of ether oxygens (including phenoxy) is 1. The molecule has 1 heterocycles. The fourth-order valence-corrected chi connectivity index (χ4v) is 2.35. The molecule has 1 aromatic carbocycles. The van der Waals surface area contributed by atoms with Crippen molar-refractivity contribution in [3.05, 3.63) is 28.2 Å². The second kappa shape index (κ2) is 6.32. The number of nitrogens with zero attached hydrogens (tertiary/aromatic N) is 1. The van der Waals surface area contributed by atoms with E-state index < -0.39 is 23.9 Å². The van der Waals surface area contributed by atoms with E-state index in [-0.39, 0.29) is 17.9 Å². The van der Waals surface area contributed by atoms with Crippen molar-refractivity contribution < 1.29 is 19.1 Å². The van der Waals surface area contributed by atoms with E-state index in [1.165, 1.54) is 19.2 Å². The molecule has 8 heteroatoms. The quantitative estimate of drug-likeness (QED) is 0.846. The number of imide groups is 1. The molecule has 3 amide bonds. The number of likely N-dealkylation sites (tertiary alicyclic amines) is 1. The summed E-state index contributed by atoms with van der Waals surface area (Å²) in [5, 5.41) is 3.12. The van der Waals surface area contributed by atoms with E-state index in [2.05, 4.69) is 10.1 Å². The number of hydrogen-bond acceptors (Lipinski definition) is 4. The Hall–Kier alpha value is -1.79. The van der Waals surface area contributed by atoms with Gasteiger partial charge in [0.1, 0.15) is 6.04 Å². The van der Waals surface area contributed by atoms with Gasteiger partial charge in [-0.05, 0) is 24.6 Å². The molecule has 6 nitrogen and oxygen atoms in total. The molecule has 2 rings (SSSR count). The van der Waals surface area contributed by atoms with Crippen LogP contribution in [-0.4, -0.2) is 36.0 Å². The molecule has 1 unspecified atom stereocenters. The van der Waals surface area contributed by atoms with Crippen LogP contribution in [0.2, 0.25) is 10.0 Å². The second-order valence-corrected chi connectivity index (χ2v) is 5.21. The smallest absolute Gasteiger partial charge is 0.329 e. The summed E-state index contributed by atoms with van der Waals surface area (Å²) < 4.78 is 4.60. The number of anilines is 1. The molecule has 112 valence electrons. The van der Waals surface area contributed by atoms with Crippen LogP contribution in [0.5, 0.6) is 0 Å². The maximum atomic E-state index is 12.2. The standard InChI is InChI=1S/C13H12Cl2N2O4/c1-21-12(19)10-4-5-11(18)17(10)13(20)16-7-2-3-8(14)9(15)6-7/h2-3,6,10H,4-5H2,1H3,(H,16,20). The first-order valence-corrected chi connectivity index (χ1v) is 6.85. The monoisotopic (exact) mass is 330 g/mol. The maximum absolute atomic E-state index is 12.2. The Bertz CT molecular complexity index is 606. The van der Waals surface area contributed by atoms with Gasteiger partial charge in [-0.2, -0.15) is 0 Å². The molecule has 0 aromatic heterocycles. The Morgan fingerprint density at radius 2 is 2.05 bits per heavy atom. The largest absolute Gasteiger partial charge is 0.467 e. The summed E-state index contributed by atoms with van der Waals surface area (Å²) in [6.45, 7) is 0. The van der Waals surface area contributed by atoms with E-state index in [4.69, 9.17) is 23.2 Å². The predicted octanol–water partition coefficient (Wildman–Crippen LogP) is 2.69. The molecule has 1 atom stereocenters. The zero-order valence-electron chi connectivity index (χ0n) is 11.1. The van der Waals surface area contributed by atoms with Crippen molar-refractivity contribution in [3.63, 3.8) is 0 Å². The van der Waals surface area contributed by atoms with Crippen LogP contribution >= 0.6 is 23.2 Å². The molecule has 21 heavy (non-hydrogen) atoms. The molecule has 0 aliphatic carbocycles. The Morgan fingerprint density at radius 1 is 1.33 bits per heavy atom. The first-order chi connectivity index (χ1) is 9.93. The Balaban J connectivity index is 2.16. The highest BCUT2D eigenvalue weighted by Crippen LogP contribution is 2.26. The molecule has 1 aliphatic heterocycles. The Morgan fingerprint density at radius 3 is 2.67 bits per heavy atom. The number of nitrogens with one attached hydrogen (secondary N) is 1. The van der Waals surface area contributed by atoms with Gasteiger partial charge in [0.2, 0.25) is 5.91 Å². The van der Waals surface area contributed by atoms with Crippen molar-refractivity contribution in [2.24, 2.45) is 0 Å². The van der Waals surface area contributed by atoms with E-state index in [0.29, 0.717) is 10.7 Å². The van der Waals surface area contributed by atoms with Crippen molar-refractivity contribution in [2.45, 2.75) is 18.9 Å². The van der Waals surface area contributed by atoms with Gasteiger partial charge >= 0.3 is 12.0 Å². The number of urea groups is 1. The molecule has 1 saturated heterocycles. The minimum atomic E-state index is -0.898. The predicted molar refractivity (Wildman–Crippen MR) is 77.4 cm³/mol. The minimum Gasteiger partial charge on any atom is -0.467 e. The van der Waals surface area contributed by atoms with Crippen LogP contribution in [0.25, 0.3) is 0 Å². The normalized spacial score (nSPS) is 17.8. The van der Waals surface area contributed by atoms with Crippen molar-refractivity contribution in [2.75, 3.05) is 12.4 Å². The van der Waals surface area contributed by atoms with Crippen LogP contribution in [0.4, 0.5) is 10.5 Å². The summed E-state index contributed by atoms with van der Waals surface area (Å²) in [5.74, 6) is -1.05. The van der Waals surface area contributed by atoms with Gasteiger partial charge in [0, 0.05) is 12.1 Å². The molecular weight excluding hydrogens is 319 g/mol. The summed E-state index contributed by atoms with van der Waals surface area (Å²) >= 11 is 11.6. The van der Waals surface area contributed by atoms with E-state index in [0.717, 1.165) is 4.90 Å². The van der Waals surface area contributed by atoms with Gasteiger partial charge in [0.05, 0.1) is 17.2 Å². The fourth-order valence-electron chi connectivity index (χ4n) is 2.06. The summed E-state index contributed by atoms with van der Waals surface area (Å²) in [6, 6.07) is 2.91. The highest BCUT2D eigenvalue weighted by molar-refractivity contribution is 6.42. The van der Waals surface area contributed by atoms with Crippen molar-refractivity contribution in [3.8, 4) is 0 Å². The summed E-state index contributed by atoms with van der Waals surface area (Å²) in [6.07, 6.45) is 0.370. The summed E-state index contributed by atoms with van der Waals surface area (Å²) in [5.41, 5.74) is 0.373. The van der Waals surface area contributed by atoms with E-state index in [9.17, 15) is 14.4 Å². The molecule has 1 aromatic rings. The molecule has 1 fully saturated rings. The lowest BCUT2D eigenvalue weighted by Gasteiger charge is -2.21. The van der Waals surface area contributed by atoms with Crippen molar-refractivity contribution >= 4 is 46.8 Å². The fraction of sp³-hybridized carbons (Fsp3) is 0.308. The molecule has 0 saturated carbocycles. The molecule has 0 radical (unpaired) electrons. The number of hydrogen-bond donors (Lipinski definition) is 1. The van der Waals surface area contributed by atoms with Crippen LogP contribution in [0.3, 0.4) is 0 Å². The van der Waals surface area contributed by atoms with E-state index in [1.807, 2.05) is 0 Å². The second-order valence-electron chi connectivity index (χ2n) is 4.40. The van der Waals surface area contributed by atoms with E-state index >= 15 is 0 Å². The average molecular weight is 331 g/mol. The SMILES string of the molecule is COC(=O)C1CCC(=O)N1C(=O)Nc1ccc(Cl)c(Cl)c1. The van der Waals surface area contributed by atoms with Gasteiger partial charge in [-0.3, -0.25) is 4.79 Å². The van der Waals surface area contributed by atoms with Gasteiger partial charge in [-0.25, -0.2) is 14.5 Å². The lowest BCUT2D eigenvalue weighted by Crippen LogP contribution is -2.45. The average Bonchev–Trinajstić information content (AvgIpc) is 2.84. The molecule has 1 N–H and O–H groups in total. The van der Waals surface area contributed by atoms with Gasteiger partial charge in [0.25, 0.3) is 0 Å². The number of carbonyl (C=O) groups excluding carboxylic acids is 3. The number of rotatable bonds is 2. The van der Waals surface area contributed by atoms with Crippen molar-refractivity contribution in [1.29, 1.82) is 0 Å². The number of carbonyl (C=O) groups is 3. The van der Waals surface area contributed by atoms with Crippen LogP contribution in [0, 0.1) is 0 Å². The third-order valence-corrected chi connectivity index (χ3v) is 3.81. The number of benzene rings is 1. The highest BCUT2D eigenvalue weighted by Gasteiger charge is 2.41. The minimum absolute atomic E-state index is 0.120. The Kier molecular flexibility index (Phi) is 4.69. The molecule has 0 spiro atoms. The molecular formula is C13H12Cl2N2O4. The first-order valence-electron chi connectivity index (χ1n) is 6.10. The number of esters is 1. The maximum Gasteiger partial charge on any atom is 0.329 e. The van der Waals surface area contributed by atoms with Crippen LogP contribution < -0.4 is 5.32 Å². The van der Waals surface area contributed by atoms with Gasteiger partial charge in [-0.1, -0.05) is 23.2 Å². The van der Waals surface area contributed by atoms with Crippen molar-refractivity contribution in [1.82, 2.24) is 4.90 Å². The topological polar surface area (TPSA) is 75.7 Å². The van der Waals surface area contributed by atoms with Crippen LogP contribution in [0.1, 0.15) is 12.8 Å². The lowest BCUT2D eigenvalue weighted by molar-refractivity contribution is -0.147. The van der Waals surface area contributed by atoms with Crippen LogP contribution in [-0.2, 0) is 14.3 Å². The molecule has 1 aliphatic rings. The van der Waals surface area contributed by atoms with Gasteiger partial charge in [0.15, 0.2) is 0 Å². The number of methoxy groups -OCH3 is 1. The highest BCUT2D eigenvalue weighted by atomic mass is 35.5.